The Hall–Kier alpha value is -0.570. The van der Waals surface area contributed by atoms with E-state index in [-0.39, 0.29) is 22.9 Å². The first-order chi connectivity index (χ1) is 8.64. The summed E-state index contributed by atoms with van der Waals surface area (Å²) in [6, 6.07) is 0.300. The van der Waals surface area contributed by atoms with E-state index in [1.54, 1.807) is 0 Å². The minimum absolute atomic E-state index is 0.133. The molecule has 3 heteroatoms. The molecular weight excluding hydrogens is 236 g/mol. The summed E-state index contributed by atoms with van der Waals surface area (Å²) in [5.74, 6) is 0.414. The third-order valence-corrected chi connectivity index (χ3v) is 5.01. The second kappa shape index (κ2) is 5.82. The number of hydrogen-bond acceptors (Lipinski definition) is 2. The van der Waals surface area contributed by atoms with Gasteiger partial charge in [-0.05, 0) is 60.4 Å². The molecule has 0 radical (unpaired) electrons. The van der Waals surface area contributed by atoms with Crippen LogP contribution in [0.3, 0.4) is 0 Å². The van der Waals surface area contributed by atoms with Crippen LogP contribution in [0.15, 0.2) is 0 Å². The second-order valence-corrected chi connectivity index (χ2v) is 7.31. The highest BCUT2D eigenvalue weighted by Gasteiger charge is 2.43. The number of hydrogen-bond donors (Lipinski definition) is 1. The third-order valence-electron chi connectivity index (χ3n) is 5.01. The van der Waals surface area contributed by atoms with Crippen LogP contribution in [0.2, 0.25) is 0 Å². The molecule has 0 atom stereocenters. The molecule has 0 bridgehead atoms. The van der Waals surface area contributed by atoms with Crippen molar-refractivity contribution in [3.63, 3.8) is 0 Å². The molecule has 0 spiro atoms. The van der Waals surface area contributed by atoms with Gasteiger partial charge in [0.25, 0.3) is 0 Å². The largest absolute Gasteiger partial charge is 0.353 e. The second-order valence-electron chi connectivity index (χ2n) is 7.31. The molecule has 1 aliphatic rings. The molecule has 0 aromatic rings. The van der Waals surface area contributed by atoms with Crippen LogP contribution in [0.4, 0.5) is 0 Å². The summed E-state index contributed by atoms with van der Waals surface area (Å²) in [5.41, 5.74) is 0.265. The quantitative estimate of drug-likeness (QED) is 0.849. The minimum atomic E-state index is 0.133. The third kappa shape index (κ3) is 3.71. The smallest absolute Gasteiger partial charge is 0.223 e. The Bertz CT molecular complexity index is 301. The molecule has 0 aromatic carbocycles. The summed E-state index contributed by atoms with van der Waals surface area (Å²) in [7, 11) is 2.19. The van der Waals surface area contributed by atoms with E-state index in [1.165, 1.54) is 0 Å². The van der Waals surface area contributed by atoms with Crippen molar-refractivity contribution in [2.45, 2.75) is 84.3 Å². The van der Waals surface area contributed by atoms with Crippen LogP contribution in [0, 0.1) is 5.92 Å². The van der Waals surface area contributed by atoms with Gasteiger partial charge in [-0.1, -0.05) is 13.8 Å². The van der Waals surface area contributed by atoms with Gasteiger partial charge in [-0.15, -0.1) is 0 Å². The minimum Gasteiger partial charge on any atom is -0.353 e. The lowest BCUT2D eigenvalue weighted by molar-refractivity contribution is -0.127. The molecule has 1 heterocycles. The van der Waals surface area contributed by atoms with Crippen molar-refractivity contribution >= 4 is 5.91 Å². The highest BCUT2D eigenvalue weighted by atomic mass is 16.1. The molecule has 0 saturated carbocycles. The summed E-state index contributed by atoms with van der Waals surface area (Å²) < 4.78 is 0. The van der Waals surface area contributed by atoms with Gasteiger partial charge in [0.15, 0.2) is 0 Å². The Kier molecular flexibility index (Phi) is 5.05. The summed E-state index contributed by atoms with van der Waals surface area (Å²) >= 11 is 0. The molecule has 3 nitrogen and oxygen atoms in total. The van der Waals surface area contributed by atoms with Crippen molar-refractivity contribution < 1.29 is 4.79 Å². The monoisotopic (exact) mass is 268 g/mol. The molecule has 0 aliphatic carbocycles. The lowest BCUT2D eigenvalue weighted by Gasteiger charge is -2.53. The summed E-state index contributed by atoms with van der Waals surface area (Å²) in [6.07, 6.45) is 3.92. The zero-order valence-electron chi connectivity index (χ0n) is 13.8. The van der Waals surface area contributed by atoms with Gasteiger partial charge in [0.1, 0.15) is 0 Å². The van der Waals surface area contributed by atoms with E-state index in [4.69, 9.17) is 0 Å². The maximum Gasteiger partial charge on any atom is 0.223 e. The van der Waals surface area contributed by atoms with E-state index >= 15 is 0 Å². The molecule has 112 valence electrons. The van der Waals surface area contributed by atoms with E-state index in [2.05, 4.69) is 58.8 Å². The van der Waals surface area contributed by atoms with E-state index in [1.807, 2.05) is 0 Å². The highest BCUT2D eigenvalue weighted by molar-refractivity contribution is 5.78. The zero-order chi connectivity index (χ0) is 14.8. The number of nitrogens with zero attached hydrogens (tertiary/aromatic N) is 1. The summed E-state index contributed by atoms with van der Waals surface area (Å²) in [4.78, 5) is 14.7. The molecule has 1 N–H and O–H groups in total. The topological polar surface area (TPSA) is 32.3 Å². The number of likely N-dealkylation sites (tertiary alicyclic amines) is 1. The molecule has 19 heavy (non-hydrogen) atoms. The SMILES string of the molecule is CCC(CC)C(=O)NC1CC(C)(C)N(C)C(C)(C)C1. The van der Waals surface area contributed by atoms with Gasteiger partial charge < -0.3 is 5.32 Å². The first-order valence-corrected chi connectivity index (χ1v) is 7.68. The van der Waals surface area contributed by atoms with Gasteiger partial charge in [-0.25, -0.2) is 0 Å². The van der Waals surface area contributed by atoms with Crippen molar-refractivity contribution in [3.8, 4) is 0 Å². The Morgan fingerprint density at radius 2 is 1.58 bits per heavy atom. The van der Waals surface area contributed by atoms with Gasteiger partial charge in [0.05, 0.1) is 0 Å². The van der Waals surface area contributed by atoms with Crippen molar-refractivity contribution in [1.82, 2.24) is 10.2 Å². The van der Waals surface area contributed by atoms with Gasteiger partial charge in [0.2, 0.25) is 5.91 Å². The van der Waals surface area contributed by atoms with Crippen LogP contribution >= 0.6 is 0 Å². The Morgan fingerprint density at radius 1 is 1.16 bits per heavy atom. The standard InChI is InChI=1S/C16H32N2O/c1-8-12(9-2)14(19)17-13-10-15(3,4)18(7)16(5,6)11-13/h12-13H,8-11H2,1-7H3,(H,17,19). The fraction of sp³-hybridized carbons (Fsp3) is 0.938. The predicted octanol–water partition coefficient (Wildman–Crippen LogP) is 3.19. The molecule has 1 amide bonds. The van der Waals surface area contributed by atoms with Crippen LogP contribution < -0.4 is 5.32 Å². The number of rotatable bonds is 4. The van der Waals surface area contributed by atoms with Crippen LogP contribution in [0.25, 0.3) is 0 Å². The van der Waals surface area contributed by atoms with E-state index in [9.17, 15) is 4.79 Å². The number of carbonyl (C=O) groups is 1. The van der Waals surface area contributed by atoms with Crippen LogP contribution in [-0.2, 0) is 4.79 Å². The molecule has 0 aromatic heterocycles. The van der Waals surface area contributed by atoms with Crippen molar-refractivity contribution in [2.24, 2.45) is 5.92 Å². The van der Waals surface area contributed by atoms with Crippen LogP contribution in [0.5, 0.6) is 0 Å². The Morgan fingerprint density at radius 3 is 1.95 bits per heavy atom. The van der Waals surface area contributed by atoms with E-state index < -0.39 is 0 Å². The van der Waals surface area contributed by atoms with E-state index in [0.29, 0.717) is 6.04 Å². The first kappa shape index (κ1) is 16.5. The van der Waals surface area contributed by atoms with E-state index in [0.717, 1.165) is 25.7 Å². The number of piperidine rings is 1. The number of nitrogens with one attached hydrogen (secondary N) is 1. The summed E-state index contributed by atoms with van der Waals surface area (Å²) in [6.45, 7) is 13.3. The lowest BCUT2D eigenvalue weighted by atomic mass is 9.77. The molecule has 1 saturated heterocycles. The van der Waals surface area contributed by atoms with Gasteiger partial charge >= 0.3 is 0 Å². The van der Waals surface area contributed by atoms with Gasteiger partial charge in [-0.2, -0.15) is 0 Å². The van der Waals surface area contributed by atoms with Crippen LogP contribution in [0.1, 0.15) is 67.2 Å². The molecule has 1 fully saturated rings. The maximum atomic E-state index is 12.3. The van der Waals surface area contributed by atoms with Crippen molar-refractivity contribution in [2.75, 3.05) is 7.05 Å². The highest BCUT2D eigenvalue weighted by Crippen LogP contribution is 2.36. The first-order valence-electron chi connectivity index (χ1n) is 7.68. The fourth-order valence-electron chi connectivity index (χ4n) is 3.45. The van der Waals surface area contributed by atoms with Crippen molar-refractivity contribution in [1.29, 1.82) is 0 Å². The number of carbonyl (C=O) groups excluding carboxylic acids is 1. The summed E-state index contributed by atoms with van der Waals surface area (Å²) in [5, 5.41) is 3.29. The average molecular weight is 268 g/mol. The molecule has 1 aliphatic heterocycles. The fourth-order valence-corrected chi connectivity index (χ4v) is 3.45. The van der Waals surface area contributed by atoms with Gasteiger partial charge in [0, 0.05) is 23.0 Å². The van der Waals surface area contributed by atoms with Crippen LogP contribution in [-0.4, -0.2) is 35.0 Å². The molecular formula is C16H32N2O. The normalized spacial score (nSPS) is 23.6. The predicted molar refractivity (Wildman–Crippen MR) is 81.2 cm³/mol. The lowest BCUT2D eigenvalue weighted by Crippen LogP contribution is -2.62. The van der Waals surface area contributed by atoms with Crippen molar-refractivity contribution in [3.05, 3.63) is 0 Å². The molecule has 1 rings (SSSR count). The Labute approximate surface area is 119 Å². The Balaban J connectivity index is 2.73. The van der Waals surface area contributed by atoms with Gasteiger partial charge in [-0.3, -0.25) is 9.69 Å². The molecule has 0 unspecified atom stereocenters. The average Bonchev–Trinajstić information content (AvgIpc) is 2.26. The zero-order valence-corrected chi connectivity index (χ0v) is 13.8. The number of amides is 1. The maximum absolute atomic E-state index is 12.3.